The molecular weight excluding hydrogens is 380 g/mol. The van der Waals surface area contributed by atoms with Gasteiger partial charge in [-0.1, -0.05) is 23.4 Å². The molecule has 0 fully saturated rings. The van der Waals surface area contributed by atoms with E-state index in [1.807, 2.05) is 6.07 Å². The topological polar surface area (TPSA) is 122 Å². The minimum absolute atomic E-state index is 0.00838. The van der Waals surface area contributed by atoms with E-state index in [2.05, 4.69) is 10.3 Å². The minimum atomic E-state index is -0.609. The van der Waals surface area contributed by atoms with E-state index < -0.39 is 10.8 Å². The maximum Gasteiger partial charge on any atom is 0.270 e. The Morgan fingerprint density at radius 3 is 2.92 bits per heavy atom. The van der Waals surface area contributed by atoms with Crippen LogP contribution in [0.2, 0.25) is 5.02 Å². The summed E-state index contributed by atoms with van der Waals surface area (Å²) in [6.45, 7) is 0. The normalized spacial score (nSPS) is 10.5. The Bertz CT molecular complexity index is 1060. The molecule has 0 aliphatic carbocycles. The number of nitriles is 1. The molecule has 0 aliphatic rings. The van der Waals surface area contributed by atoms with Gasteiger partial charge in [-0.05, 0) is 24.3 Å². The van der Waals surface area contributed by atoms with Crippen LogP contribution < -0.4 is 5.32 Å². The van der Waals surface area contributed by atoms with E-state index in [0.717, 1.165) is 17.8 Å². The van der Waals surface area contributed by atoms with E-state index in [1.165, 1.54) is 12.1 Å². The number of carbonyl (C=O) groups is 1. The number of rotatable bonds is 5. The van der Waals surface area contributed by atoms with Gasteiger partial charge in [-0.15, -0.1) is 0 Å². The molecule has 0 spiro atoms. The SMILES string of the molecule is N#Cc1cc([N+](=O)[O-])ccc1NC(=O)CSc1nc2cc(Cl)ccc2o1. The molecule has 10 heteroatoms. The number of nitro groups is 1. The fourth-order valence-electron chi connectivity index (χ4n) is 2.10. The number of thioether (sulfide) groups is 1. The minimum Gasteiger partial charge on any atom is -0.431 e. The van der Waals surface area contributed by atoms with E-state index in [9.17, 15) is 14.9 Å². The average molecular weight is 389 g/mol. The predicted octanol–water partition coefficient (Wildman–Crippen LogP) is 3.99. The molecule has 0 atom stereocenters. The molecule has 2 aromatic carbocycles. The van der Waals surface area contributed by atoms with Crippen LogP contribution in [0, 0.1) is 21.4 Å². The van der Waals surface area contributed by atoms with Crippen molar-refractivity contribution in [3.8, 4) is 6.07 Å². The quantitative estimate of drug-likeness (QED) is 0.398. The number of nitrogens with one attached hydrogen (secondary N) is 1. The molecular formula is C16H9ClN4O4S. The molecule has 0 saturated heterocycles. The van der Waals surface area contributed by atoms with Crippen LogP contribution in [0.15, 0.2) is 46.0 Å². The highest BCUT2D eigenvalue weighted by Crippen LogP contribution is 2.26. The van der Waals surface area contributed by atoms with Gasteiger partial charge in [-0.2, -0.15) is 5.26 Å². The summed E-state index contributed by atoms with van der Waals surface area (Å²) >= 11 is 6.96. The summed E-state index contributed by atoms with van der Waals surface area (Å²) in [5.74, 6) is -0.414. The Balaban J connectivity index is 1.67. The summed E-state index contributed by atoms with van der Waals surface area (Å²) in [4.78, 5) is 26.4. The van der Waals surface area contributed by atoms with Crippen LogP contribution >= 0.6 is 23.4 Å². The second-order valence-electron chi connectivity index (χ2n) is 5.03. The third-order valence-electron chi connectivity index (χ3n) is 3.27. The third kappa shape index (κ3) is 3.93. The molecule has 1 aromatic heterocycles. The molecule has 0 saturated carbocycles. The first-order valence-corrected chi connectivity index (χ1v) is 8.50. The second-order valence-corrected chi connectivity index (χ2v) is 6.39. The molecule has 26 heavy (non-hydrogen) atoms. The van der Waals surface area contributed by atoms with E-state index in [4.69, 9.17) is 21.3 Å². The Kier molecular flexibility index (Phi) is 5.06. The number of nitro benzene ring substituents is 1. The van der Waals surface area contributed by atoms with Gasteiger partial charge in [0.1, 0.15) is 11.6 Å². The Labute approximate surface area is 155 Å². The van der Waals surface area contributed by atoms with Gasteiger partial charge < -0.3 is 9.73 Å². The highest BCUT2D eigenvalue weighted by atomic mass is 35.5. The van der Waals surface area contributed by atoms with Crippen LogP contribution in [0.4, 0.5) is 11.4 Å². The lowest BCUT2D eigenvalue weighted by atomic mass is 10.1. The summed E-state index contributed by atoms with van der Waals surface area (Å²) in [6.07, 6.45) is 0. The molecule has 130 valence electrons. The zero-order valence-corrected chi connectivity index (χ0v) is 14.5. The number of carbonyl (C=O) groups excluding carboxylic acids is 1. The smallest absolute Gasteiger partial charge is 0.270 e. The number of anilines is 1. The number of oxazole rings is 1. The predicted molar refractivity (Wildman–Crippen MR) is 96.2 cm³/mol. The molecule has 3 rings (SSSR count). The van der Waals surface area contributed by atoms with Crippen molar-refractivity contribution in [3.05, 3.63) is 57.1 Å². The van der Waals surface area contributed by atoms with Crippen LogP contribution in [0.1, 0.15) is 5.56 Å². The Morgan fingerprint density at radius 1 is 1.38 bits per heavy atom. The van der Waals surface area contributed by atoms with Crippen molar-refractivity contribution in [2.45, 2.75) is 5.22 Å². The van der Waals surface area contributed by atoms with Crippen LogP contribution in [-0.2, 0) is 4.79 Å². The molecule has 0 aliphatic heterocycles. The lowest BCUT2D eigenvalue weighted by Gasteiger charge is -2.05. The van der Waals surface area contributed by atoms with Gasteiger partial charge in [-0.25, -0.2) is 4.98 Å². The van der Waals surface area contributed by atoms with Gasteiger partial charge in [0, 0.05) is 17.2 Å². The van der Waals surface area contributed by atoms with Gasteiger partial charge in [-0.3, -0.25) is 14.9 Å². The van der Waals surface area contributed by atoms with Gasteiger partial charge in [0.05, 0.1) is 21.9 Å². The number of halogens is 1. The van der Waals surface area contributed by atoms with Crippen molar-refractivity contribution in [2.75, 3.05) is 11.1 Å². The van der Waals surface area contributed by atoms with Crippen LogP contribution in [0.5, 0.6) is 0 Å². The van der Waals surface area contributed by atoms with Crippen LogP contribution in [-0.4, -0.2) is 21.6 Å². The number of hydrogen-bond donors (Lipinski definition) is 1. The summed E-state index contributed by atoms with van der Waals surface area (Å²) in [5.41, 5.74) is 1.13. The molecule has 8 nitrogen and oxygen atoms in total. The number of benzene rings is 2. The van der Waals surface area contributed by atoms with E-state index in [1.54, 1.807) is 18.2 Å². The maximum atomic E-state index is 12.1. The molecule has 0 bridgehead atoms. The summed E-state index contributed by atoms with van der Waals surface area (Å²) in [6, 6.07) is 10.5. The number of non-ortho nitro benzene ring substituents is 1. The van der Waals surface area contributed by atoms with E-state index in [0.29, 0.717) is 21.3 Å². The van der Waals surface area contributed by atoms with Crippen molar-refractivity contribution < 1.29 is 14.1 Å². The first-order valence-electron chi connectivity index (χ1n) is 7.13. The van der Waals surface area contributed by atoms with Crippen molar-refractivity contribution in [3.63, 3.8) is 0 Å². The van der Waals surface area contributed by atoms with Crippen molar-refractivity contribution in [2.24, 2.45) is 0 Å². The van der Waals surface area contributed by atoms with Crippen LogP contribution in [0.3, 0.4) is 0 Å². The lowest BCUT2D eigenvalue weighted by molar-refractivity contribution is -0.384. The number of fused-ring (bicyclic) bond motifs is 1. The zero-order chi connectivity index (χ0) is 18.7. The largest absolute Gasteiger partial charge is 0.431 e. The van der Waals surface area contributed by atoms with Crippen LogP contribution in [0.25, 0.3) is 11.1 Å². The average Bonchev–Trinajstić information content (AvgIpc) is 3.02. The highest BCUT2D eigenvalue weighted by molar-refractivity contribution is 7.99. The molecule has 3 aromatic rings. The Hall–Kier alpha value is -3.09. The number of aromatic nitrogens is 1. The number of amides is 1. The first-order chi connectivity index (χ1) is 12.5. The fraction of sp³-hybridized carbons (Fsp3) is 0.0625. The highest BCUT2D eigenvalue weighted by Gasteiger charge is 2.14. The van der Waals surface area contributed by atoms with Crippen molar-refractivity contribution in [1.29, 1.82) is 5.26 Å². The second kappa shape index (κ2) is 7.43. The zero-order valence-electron chi connectivity index (χ0n) is 12.9. The summed E-state index contributed by atoms with van der Waals surface area (Å²) in [7, 11) is 0. The third-order valence-corrected chi connectivity index (χ3v) is 4.33. The van der Waals surface area contributed by atoms with Gasteiger partial charge in [0.25, 0.3) is 10.9 Å². The van der Waals surface area contributed by atoms with Gasteiger partial charge in [0.15, 0.2) is 5.58 Å². The molecule has 1 amide bonds. The molecule has 0 radical (unpaired) electrons. The monoisotopic (exact) mass is 388 g/mol. The van der Waals surface area contributed by atoms with E-state index in [-0.39, 0.29) is 22.7 Å². The van der Waals surface area contributed by atoms with Crippen molar-refractivity contribution in [1.82, 2.24) is 4.98 Å². The lowest BCUT2D eigenvalue weighted by Crippen LogP contribution is -2.15. The standard InChI is InChI=1S/C16H9ClN4O4S/c17-10-1-4-14-13(6-10)20-16(25-14)26-8-15(22)19-12-3-2-11(21(23)24)5-9(12)7-18/h1-6H,8H2,(H,19,22). The molecule has 0 unspecified atom stereocenters. The van der Waals surface area contributed by atoms with Gasteiger partial charge >= 0.3 is 0 Å². The molecule has 1 heterocycles. The number of nitrogens with zero attached hydrogens (tertiary/aromatic N) is 3. The first kappa shape index (κ1) is 17.7. The van der Waals surface area contributed by atoms with Crippen molar-refractivity contribution >= 4 is 51.7 Å². The molecule has 1 N–H and O–H groups in total. The number of hydrogen-bond acceptors (Lipinski definition) is 7. The summed E-state index contributed by atoms with van der Waals surface area (Å²) < 4.78 is 5.50. The fourth-order valence-corrected chi connectivity index (χ4v) is 2.91. The summed E-state index contributed by atoms with van der Waals surface area (Å²) in [5, 5.41) is 23.2. The Morgan fingerprint density at radius 2 is 2.19 bits per heavy atom. The maximum absolute atomic E-state index is 12.1. The van der Waals surface area contributed by atoms with E-state index >= 15 is 0 Å². The van der Waals surface area contributed by atoms with Gasteiger partial charge in [0.2, 0.25) is 5.91 Å².